The molecule has 0 atom stereocenters. The highest BCUT2D eigenvalue weighted by atomic mass is 16.1. The number of hydrogen-bond acceptors (Lipinski definition) is 3. The van der Waals surface area contributed by atoms with Gasteiger partial charge in [-0.2, -0.15) is 0 Å². The van der Waals surface area contributed by atoms with Gasteiger partial charge in [-0.25, -0.2) is 0 Å². The van der Waals surface area contributed by atoms with Crippen molar-refractivity contribution < 1.29 is 4.79 Å². The van der Waals surface area contributed by atoms with Crippen molar-refractivity contribution in [3.05, 3.63) is 6.17 Å². The molecule has 0 aromatic heterocycles. The molecule has 0 amide bonds. The summed E-state index contributed by atoms with van der Waals surface area (Å²) in [4.78, 5) is 9.43. The van der Waals surface area contributed by atoms with Crippen LogP contribution in [0.4, 0.5) is 0 Å². The molecule has 0 heterocycles. The van der Waals surface area contributed by atoms with Crippen LogP contribution in [0.25, 0.3) is 0 Å². The molecule has 0 fully saturated rings. The summed E-state index contributed by atoms with van der Waals surface area (Å²) >= 11 is 0. The molecule has 35 valence electrons. The summed E-state index contributed by atoms with van der Waals surface area (Å²) in [5, 5.41) is 0. The van der Waals surface area contributed by atoms with Crippen molar-refractivity contribution in [1.82, 2.24) is 0 Å². The van der Waals surface area contributed by atoms with Gasteiger partial charge in [-0.15, -0.1) is 0 Å². The third-order valence-electron chi connectivity index (χ3n) is 0.319. The molecule has 0 aliphatic heterocycles. The van der Waals surface area contributed by atoms with Gasteiger partial charge in [0, 0.05) is 6.42 Å². The molecular formula is C3H7N2O. The number of nitrogens with two attached hydrogens (primary N) is 2. The lowest BCUT2D eigenvalue weighted by Crippen LogP contribution is -2.19. The van der Waals surface area contributed by atoms with E-state index in [1.54, 1.807) is 0 Å². The van der Waals surface area contributed by atoms with Gasteiger partial charge < -0.3 is 16.3 Å². The van der Waals surface area contributed by atoms with Gasteiger partial charge in [0.1, 0.15) is 12.5 Å². The molecule has 0 aliphatic carbocycles. The first kappa shape index (κ1) is 5.59. The Bertz CT molecular complexity index is 44.1. The van der Waals surface area contributed by atoms with Crippen LogP contribution >= 0.6 is 0 Å². The third kappa shape index (κ3) is 3.59. The molecule has 0 spiro atoms. The van der Waals surface area contributed by atoms with E-state index in [1.807, 2.05) is 0 Å². The fourth-order valence-electron chi connectivity index (χ4n) is 0.0962. The average Bonchev–Trinajstić information content (AvgIpc) is 1.35. The molecule has 0 unspecified atom stereocenters. The molecule has 4 N–H and O–H groups in total. The van der Waals surface area contributed by atoms with Crippen molar-refractivity contribution >= 4 is 6.29 Å². The smallest absolute Gasteiger partial charge is 0.123 e. The summed E-state index contributed by atoms with van der Waals surface area (Å²) in [6.45, 7) is 0. The molecular weight excluding hydrogens is 80.0 g/mol. The summed E-state index contributed by atoms with van der Waals surface area (Å²) in [5.41, 5.74) is 9.73. The maximum absolute atomic E-state index is 9.43. The normalized spacial score (nSPS) is 9.17. The van der Waals surface area contributed by atoms with Crippen LogP contribution in [0, 0.1) is 6.17 Å². The Balaban J connectivity index is 2.81. The van der Waals surface area contributed by atoms with E-state index in [4.69, 9.17) is 11.5 Å². The Morgan fingerprint density at radius 3 is 2.17 bits per heavy atom. The Morgan fingerprint density at radius 2 is 2.17 bits per heavy atom. The summed E-state index contributed by atoms with van der Waals surface area (Å²) in [7, 11) is 0. The van der Waals surface area contributed by atoms with Gasteiger partial charge in [0.05, 0.1) is 0 Å². The van der Waals surface area contributed by atoms with E-state index in [1.165, 1.54) is 0 Å². The SMILES string of the molecule is N[C](N)CC=O. The van der Waals surface area contributed by atoms with Crippen molar-refractivity contribution in [2.24, 2.45) is 11.5 Å². The van der Waals surface area contributed by atoms with Gasteiger partial charge in [-0.1, -0.05) is 0 Å². The molecule has 3 nitrogen and oxygen atoms in total. The maximum atomic E-state index is 9.43. The molecule has 0 aromatic carbocycles. The summed E-state index contributed by atoms with van der Waals surface area (Å²) in [5.74, 6) is 0. The third-order valence-corrected chi connectivity index (χ3v) is 0.319. The van der Waals surface area contributed by atoms with Gasteiger partial charge in [0.25, 0.3) is 0 Å². The lowest BCUT2D eigenvalue weighted by Gasteiger charge is -1.90. The van der Waals surface area contributed by atoms with E-state index < -0.39 is 0 Å². The number of hydrogen-bond donors (Lipinski definition) is 2. The highest BCUT2D eigenvalue weighted by molar-refractivity contribution is 5.51. The molecule has 3 heteroatoms. The number of aldehydes is 1. The van der Waals surface area contributed by atoms with E-state index >= 15 is 0 Å². The molecule has 0 aromatic rings. The molecule has 0 aliphatic rings. The zero-order chi connectivity index (χ0) is 4.99. The van der Waals surface area contributed by atoms with Crippen LogP contribution in [-0.2, 0) is 4.79 Å². The van der Waals surface area contributed by atoms with Crippen molar-refractivity contribution in [3.8, 4) is 0 Å². The minimum absolute atomic E-state index is 0.167. The second-order valence-corrected chi connectivity index (χ2v) is 0.946. The van der Waals surface area contributed by atoms with Gasteiger partial charge in [-0.05, 0) is 0 Å². The molecule has 0 saturated heterocycles. The predicted molar refractivity (Wildman–Crippen MR) is 22.3 cm³/mol. The second-order valence-electron chi connectivity index (χ2n) is 0.946. The Labute approximate surface area is 36.3 Å². The van der Waals surface area contributed by atoms with E-state index in [-0.39, 0.29) is 12.6 Å². The predicted octanol–water partition coefficient (Wildman–Crippen LogP) is -1.02. The van der Waals surface area contributed by atoms with E-state index in [0.29, 0.717) is 6.29 Å². The van der Waals surface area contributed by atoms with Crippen LogP contribution in [0.3, 0.4) is 0 Å². The monoisotopic (exact) mass is 87.1 g/mol. The lowest BCUT2D eigenvalue weighted by molar-refractivity contribution is -0.107. The Hall–Kier alpha value is -0.410. The first-order valence-corrected chi connectivity index (χ1v) is 1.57. The average molecular weight is 87.1 g/mol. The standard InChI is InChI=1S/C3H7N2O/c4-3(5)1-2-6/h2H,1,4-5H2. The van der Waals surface area contributed by atoms with Gasteiger partial charge in [0.2, 0.25) is 0 Å². The first-order chi connectivity index (χ1) is 2.77. The van der Waals surface area contributed by atoms with Gasteiger partial charge >= 0.3 is 0 Å². The number of carbonyl (C=O) groups excluding carboxylic acids is 1. The van der Waals surface area contributed by atoms with Crippen molar-refractivity contribution in [3.63, 3.8) is 0 Å². The minimum Gasteiger partial charge on any atom is -0.310 e. The zero-order valence-electron chi connectivity index (χ0n) is 3.35. The topological polar surface area (TPSA) is 69.1 Å². The lowest BCUT2D eigenvalue weighted by atomic mass is 10.4. The Kier molecular flexibility index (Phi) is 2.62. The van der Waals surface area contributed by atoms with Crippen molar-refractivity contribution in [2.75, 3.05) is 0 Å². The van der Waals surface area contributed by atoms with Gasteiger partial charge in [0.15, 0.2) is 0 Å². The molecule has 0 rings (SSSR count). The number of rotatable bonds is 2. The fourth-order valence-corrected chi connectivity index (χ4v) is 0.0962. The minimum atomic E-state index is 0.167. The van der Waals surface area contributed by atoms with E-state index in [9.17, 15) is 4.79 Å². The zero-order valence-corrected chi connectivity index (χ0v) is 3.35. The highest BCUT2D eigenvalue weighted by Gasteiger charge is 1.87. The highest BCUT2D eigenvalue weighted by Crippen LogP contribution is 1.76. The van der Waals surface area contributed by atoms with Crippen molar-refractivity contribution in [1.29, 1.82) is 0 Å². The fraction of sp³-hybridized carbons (Fsp3) is 0.333. The quantitative estimate of drug-likeness (QED) is 0.424. The van der Waals surface area contributed by atoms with E-state index in [0.717, 1.165) is 0 Å². The number of carbonyl (C=O) groups is 1. The van der Waals surface area contributed by atoms with Crippen LogP contribution in [-0.4, -0.2) is 6.29 Å². The summed E-state index contributed by atoms with van der Waals surface area (Å²) < 4.78 is 0. The van der Waals surface area contributed by atoms with Crippen molar-refractivity contribution in [2.45, 2.75) is 6.42 Å². The molecule has 1 radical (unpaired) electrons. The molecule has 6 heavy (non-hydrogen) atoms. The van der Waals surface area contributed by atoms with Crippen LogP contribution in [0.5, 0.6) is 0 Å². The molecule has 0 saturated carbocycles. The second kappa shape index (κ2) is 2.81. The van der Waals surface area contributed by atoms with Crippen LogP contribution in [0.2, 0.25) is 0 Å². The largest absolute Gasteiger partial charge is 0.310 e. The molecule has 0 bridgehead atoms. The maximum Gasteiger partial charge on any atom is 0.123 e. The Morgan fingerprint density at radius 1 is 1.67 bits per heavy atom. The first-order valence-electron chi connectivity index (χ1n) is 1.57. The summed E-state index contributed by atoms with van der Waals surface area (Å²) in [6.07, 6.45) is 1.00. The summed E-state index contributed by atoms with van der Waals surface area (Å²) in [6, 6.07) is 0. The van der Waals surface area contributed by atoms with Crippen LogP contribution < -0.4 is 11.5 Å². The van der Waals surface area contributed by atoms with Crippen LogP contribution in [0.1, 0.15) is 6.42 Å². The van der Waals surface area contributed by atoms with Crippen LogP contribution in [0.15, 0.2) is 0 Å². The van der Waals surface area contributed by atoms with E-state index in [2.05, 4.69) is 0 Å². The van der Waals surface area contributed by atoms with Gasteiger partial charge in [-0.3, -0.25) is 0 Å².